The molecule has 1 amide bonds. The third-order valence-electron chi connectivity index (χ3n) is 2.95. The molecule has 5 heteroatoms. The Balaban J connectivity index is 2.18. The molecule has 2 aromatic carbocycles. The summed E-state index contributed by atoms with van der Waals surface area (Å²) in [7, 11) is 1.55. The molecule has 0 aliphatic heterocycles. The van der Waals surface area contributed by atoms with Crippen LogP contribution in [0.4, 0.5) is 10.1 Å². The molecule has 2 rings (SSSR count). The van der Waals surface area contributed by atoms with Gasteiger partial charge in [-0.3, -0.25) is 4.79 Å². The Labute approximate surface area is 116 Å². The summed E-state index contributed by atoms with van der Waals surface area (Å²) in [6.45, 7) is 0.298. The zero-order valence-electron chi connectivity index (χ0n) is 11.0. The highest BCUT2D eigenvalue weighted by molar-refractivity contribution is 5.96. The van der Waals surface area contributed by atoms with Crippen LogP contribution in [0, 0.1) is 5.82 Å². The van der Waals surface area contributed by atoms with Gasteiger partial charge in [0.15, 0.2) is 0 Å². The number of benzene rings is 2. The van der Waals surface area contributed by atoms with E-state index in [-0.39, 0.29) is 11.3 Å². The van der Waals surface area contributed by atoms with Crippen LogP contribution in [-0.4, -0.2) is 23.0 Å². The van der Waals surface area contributed by atoms with E-state index in [9.17, 15) is 14.3 Å². The summed E-state index contributed by atoms with van der Waals surface area (Å²) in [4.78, 5) is 13.5. The van der Waals surface area contributed by atoms with Crippen molar-refractivity contribution in [2.45, 2.75) is 6.54 Å². The van der Waals surface area contributed by atoms with Crippen LogP contribution in [0.25, 0.3) is 0 Å². The first-order chi connectivity index (χ1) is 9.49. The number of rotatable bonds is 3. The summed E-state index contributed by atoms with van der Waals surface area (Å²) < 4.78 is 13.6. The van der Waals surface area contributed by atoms with E-state index in [0.717, 1.165) is 11.6 Å². The molecule has 20 heavy (non-hydrogen) atoms. The third kappa shape index (κ3) is 2.88. The van der Waals surface area contributed by atoms with Crippen LogP contribution >= 0.6 is 0 Å². The number of nitrogens with two attached hydrogens (primary N) is 1. The number of carbonyl (C=O) groups is 1. The molecule has 0 unspecified atom stereocenters. The normalized spacial score (nSPS) is 10.3. The first kappa shape index (κ1) is 13.9. The maximum atomic E-state index is 13.6. The van der Waals surface area contributed by atoms with Gasteiger partial charge in [0.25, 0.3) is 5.91 Å². The molecule has 0 saturated heterocycles. The zero-order chi connectivity index (χ0) is 14.7. The van der Waals surface area contributed by atoms with Crippen molar-refractivity contribution in [2.24, 2.45) is 0 Å². The Morgan fingerprint density at radius 3 is 2.50 bits per heavy atom. The standard InChI is InChI=1S/C15H15FN2O2/c1-18(9-10-5-7-11(17)8-6-10)15(20)14-12(16)3-2-4-13(14)19/h2-8,19H,9,17H2,1H3. The van der Waals surface area contributed by atoms with Crippen LogP contribution in [0.5, 0.6) is 5.75 Å². The summed E-state index contributed by atoms with van der Waals surface area (Å²) in [6.07, 6.45) is 0. The SMILES string of the molecule is CN(Cc1ccc(N)cc1)C(=O)c1c(O)cccc1F. The van der Waals surface area contributed by atoms with E-state index in [1.165, 1.54) is 17.0 Å². The van der Waals surface area contributed by atoms with Crippen LogP contribution in [0.15, 0.2) is 42.5 Å². The number of anilines is 1. The lowest BCUT2D eigenvalue weighted by molar-refractivity contribution is 0.0777. The van der Waals surface area contributed by atoms with Crippen LogP contribution in [0.3, 0.4) is 0 Å². The highest BCUT2D eigenvalue weighted by Crippen LogP contribution is 2.22. The van der Waals surface area contributed by atoms with Crippen LogP contribution in [0.1, 0.15) is 15.9 Å². The Hall–Kier alpha value is -2.56. The lowest BCUT2D eigenvalue weighted by atomic mass is 10.1. The minimum Gasteiger partial charge on any atom is -0.507 e. The quantitative estimate of drug-likeness (QED) is 0.844. The lowest BCUT2D eigenvalue weighted by Gasteiger charge is -2.18. The number of hydrogen-bond acceptors (Lipinski definition) is 3. The monoisotopic (exact) mass is 274 g/mol. The van der Waals surface area contributed by atoms with Gasteiger partial charge in [0.2, 0.25) is 0 Å². The molecular formula is C15H15FN2O2. The Morgan fingerprint density at radius 1 is 1.25 bits per heavy atom. The molecule has 0 aliphatic carbocycles. The summed E-state index contributed by atoms with van der Waals surface area (Å²) in [6, 6.07) is 10.8. The smallest absolute Gasteiger partial charge is 0.260 e. The molecule has 0 spiro atoms. The number of carbonyl (C=O) groups excluding carboxylic acids is 1. The number of nitrogens with zero attached hydrogens (tertiary/aromatic N) is 1. The van der Waals surface area contributed by atoms with Crippen molar-refractivity contribution in [2.75, 3.05) is 12.8 Å². The maximum Gasteiger partial charge on any atom is 0.260 e. The molecule has 0 heterocycles. The van der Waals surface area contributed by atoms with Crippen molar-refractivity contribution < 1.29 is 14.3 Å². The third-order valence-corrected chi connectivity index (χ3v) is 2.95. The summed E-state index contributed by atoms with van der Waals surface area (Å²) in [5.41, 5.74) is 6.77. The molecular weight excluding hydrogens is 259 g/mol. The predicted octanol–water partition coefficient (Wildman–Crippen LogP) is 2.39. The van der Waals surface area contributed by atoms with Crippen molar-refractivity contribution in [3.05, 3.63) is 59.4 Å². The zero-order valence-corrected chi connectivity index (χ0v) is 11.0. The van der Waals surface area contributed by atoms with E-state index >= 15 is 0 Å². The maximum absolute atomic E-state index is 13.6. The lowest BCUT2D eigenvalue weighted by Crippen LogP contribution is -2.27. The molecule has 3 N–H and O–H groups in total. The molecule has 0 bridgehead atoms. The van der Waals surface area contributed by atoms with Gasteiger partial charge in [0, 0.05) is 19.3 Å². The molecule has 2 aromatic rings. The van der Waals surface area contributed by atoms with Gasteiger partial charge in [0.05, 0.1) is 0 Å². The van der Waals surface area contributed by atoms with E-state index in [2.05, 4.69) is 0 Å². The van der Waals surface area contributed by atoms with Gasteiger partial charge < -0.3 is 15.7 Å². The molecule has 0 fully saturated rings. The van der Waals surface area contributed by atoms with Crippen LogP contribution < -0.4 is 5.73 Å². The average Bonchev–Trinajstić information content (AvgIpc) is 2.41. The highest BCUT2D eigenvalue weighted by atomic mass is 19.1. The van der Waals surface area contributed by atoms with E-state index in [1.807, 2.05) is 0 Å². The number of amides is 1. The largest absolute Gasteiger partial charge is 0.507 e. The Morgan fingerprint density at radius 2 is 1.90 bits per heavy atom. The molecule has 0 radical (unpaired) electrons. The second-order valence-electron chi connectivity index (χ2n) is 4.54. The highest BCUT2D eigenvalue weighted by Gasteiger charge is 2.20. The Bertz CT molecular complexity index is 606. The number of halogens is 1. The fourth-order valence-electron chi connectivity index (χ4n) is 1.88. The number of phenolic OH excluding ortho intramolecular Hbond substituents is 1. The fourth-order valence-corrected chi connectivity index (χ4v) is 1.88. The van der Waals surface area contributed by atoms with Gasteiger partial charge in [-0.1, -0.05) is 18.2 Å². The van der Waals surface area contributed by atoms with Crippen molar-refractivity contribution in [3.8, 4) is 5.75 Å². The van der Waals surface area contributed by atoms with E-state index in [1.54, 1.807) is 31.3 Å². The fraction of sp³-hybridized carbons (Fsp3) is 0.133. The molecule has 104 valence electrons. The van der Waals surface area contributed by atoms with Gasteiger partial charge in [-0.15, -0.1) is 0 Å². The van der Waals surface area contributed by atoms with Gasteiger partial charge in [0.1, 0.15) is 17.1 Å². The number of nitrogen functional groups attached to an aromatic ring is 1. The van der Waals surface area contributed by atoms with E-state index in [4.69, 9.17) is 5.73 Å². The number of phenols is 1. The summed E-state index contributed by atoms with van der Waals surface area (Å²) in [5, 5.41) is 9.61. The predicted molar refractivity (Wildman–Crippen MR) is 74.7 cm³/mol. The van der Waals surface area contributed by atoms with Gasteiger partial charge in [-0.25, -0.2) is 4.39 Å². The van der Waals surface area contributed by atoms with Crippen molar-refractivity contribution in [1.29, 1.82) is 0 Å². The summed E-state index contributed by atoms with van der Waals surface area (Å²) >= 11 is 0. The second kappa shape index (κ2) is 5.61. The first-order valence-electron chi connectivity index (χ1n) is 6.06. The van der Waals surface area contributed by atoms with Gasteiger partial charge >= 0.3 is 0 Å². The van der Waals surface area contributed by atoms with Crippen molar-refractivity contribution >= 4 is 11.6 Å². The Kier molecular flexibility index (Phi) is 3.89. The van der Waals surface area contributed by atoms with E-state index in [0.29, 0.717) is 12.2 Å². The minimum atomic E-state index is -0.737. The molecule has 0 aliphatic rings. The van der Waals surface area contributed by atoms with Crippen molar-refractivity contribution in [3.63, 3.8) is 0 Å². The van der Waals surface area contributed by atoms with Gasteiger partial charge in [-0.2, -0.15) is 0 Å². The van der Waals surface area contributed by atoms with Gasteiger partial charge in [-0.05, 0) is 29.8 Å². The number of hydrogen-bond donors (Lipinski definition) is 2. The molecule has 0 aromatic heterocycles. The molecule has 0 saturated carbocycles. The van der Waals surface area contributed by atoms with Crippen molar-refractivity contribution in [1.82, 2.24) is 4.90 Å². The number of aromatic hydroxyl groups is 1. The molecule has 4 nitrogen and oxygen atoms in total. The average molecular weight is 274 g/mol. The van der Waals surface area contributed by atoms with Crippen LogP contribution in [-0.2, 0) is 6.54 Å². The van der Waals surface area contributed by atoms with Crippen LogP contribution in [0.2, 0.25) is 0 Å². The first-order valence-corrected chi connectivity index (χ1v) is 6.06. The minimum absolute atomic E-state index is 0.298. The van der Waals surface area contributed by atoms with E-state index < -0.39 is 11.7 Å². The second-order valence-corrected chi connectivity index (χ2v) is 4.54. The molecule has 0 atom stereocenters. The topological polar surface area (TPSA) is 66.6 Å². The summed E-state index contributed by atoms with van der Waals surface area (Å²) in [5.74, 6) is -1.67.